The molecule has 2 fully saturated rings. The standard InChI is InChI=1S/C21H22N2O2/c1-12-7-8-14(9-13(12)2)16-5-3-4-6-17(16)21(25)23-11-15-10-18(15)19(23)20(22)24/h3-9,15,18-19H,10-11H2,1-2H3,(H2,22,24)/t15-,18-,19-/m0/s1. The van der Waals surface area contributed by atoms with Crippen molar-refractivity contribution in [3.05, 3.63) is 59.2 Å². The number of hydrogen-bond acceptors (Lipinski definition) is 2. The van der Waals surface area contributed by atoms with Gasteiger partial charge in [0.25, 0.3) is 5.91 Å². The molecule has 4 heteroatoms. The summed E-state index contributed by atoms with van der Waals surface area (Å²) >= 11 is 0. The molecule has 0 unspecified atom stereocenters. The summed E-state index contributed by atoms with van der Waals surface area (Å²) in [6.07, 6.45) is 1.01. The Balaban J connectivity index is 1.72. The van der Waals surface area contributed by atoms with Gasteiger partial charge in [-0.1, -0.05) is 36.4 Å². The van der Waals surface area contributed by atoms with E-state index in [2.05, 4.69) is 26.0 Å². The van der Waals surface area contributed by atoms with Gasteiger partial charge in [0.2, 0.25) is 5.91 Å². The minimum Gasteiger partial charge on any atom is -0.368 e. The van der Waals surface area contributed by atoms with Crippen molar-refractivity contribution in [2.45, 2.75) is 26.3 Å². The first-order valence-corrected chi connectivity index (χ1v) is 8.74. The van der Waals surface area contributed by atoms with Gasteiger partial charge in [-0.25, -0.2) is 0 Å². The predicted molar refractivity (Wildman–Crippen MR) is 97.0 cm³/mol. The number of likely N-dealkylation sites (tertiary alicyclic amines) is 1. The number of primary amides is 1. The van der Waals surface area contributed by atoms with Gasteiger partial charge < -0.3 is 10.6 Å². The normalized spacial score (nSPS) is 24.1. The van der Waals surface area contributed by atoms with E-state index in [-0.39, 0.29) is 17.7 Å². The number of nitrogens with two attached hydrogens (primary N) is 1. The van der Waals surface area contributed by atoms with Gasteiger partial charge in [0.05, 0.1) is 0 Å². The van der Waals surface area contributed by atoms with Gasteiger partial charge >= 0.3 is 0 Å². The summed E-state index contributed by atoms with van der Waals surface area (Å²) in [6, 6.07) is 13.4. The Labute approximate surface area is 147 Å². The quantitative estimate of drug-likeness (QED) is 0.938. The molecule has 0 bridgehead atoms. The minimum absolute atomic E-state index is 0.0928. The monoisotopic (exact) mass is 334 g/mol. The van der Waals surface area contributed by atoms with Gasteiger partial charge in [-0.3, -0.25) is 9.59 Å². The van der Waals surface area contributed by atoms with Gasteiger partial charge in [-0.2, -0.15) is 0 Å². The second kappa shape index (κ2) is 5.73. The van der Waals surface area contributed by atoms with Crippen LogP contribution in [0.4, 0.5) is 0 Å². The van der Waals surface area contributed by atoms with E-state index >= 15 is 0 Å². The van der Waals surface area contributed by atoms with E-state index in [9.17, 15) is 9.59 Å². The molecule has 0 radical (unpaired) electrons. The highest BCUT2D eigenvalue weighted by Gasteiger charge is 2.56. The molecule has 2 aromatic rings. The molecule has 2 aliphatic rings. The molecule has 1 aliphatic heterocycles. The fourth-order valence-corrected chi connectivity index (χ4v) is 4.02. The van der Waals surface area contributed by atoms with Crippen molar-refractivity contribution in [1.29, 1.82) is 0 Å². The number of piperidine rings is 1. The van der Waals surface area contributed by atoms with Crippen LogP contribution in [0, 0.1) is 25.7 Å². The molecule has 1 aliphatic carbocycles. The number of aryl methyl sites for hydroxylation is 2. The van der Waals surface area contributed by atoms with Crippen molar-refractivity contribution in [3.63, 3.8) is 0 Å². The van der Waals surface area contributed by atoms with E-state index in [1.807, 2.05) is 30.3 Å². The largest absolute Gasteiger partial charge is 0.368 e. The van der Waals surface area contributed by atoms with E-state index in [1.54, 1.807) is 4.90 Å². The third-order valence-electron chi connectivity index (χ3n) is 5.68. The lowest BCUT2D eigenvalue weighted by atomic mass is 9.95. The fourth-order valence-electron chi connectivity index (χ4n) is 4.02. The number of fused-ring (bicyclic) bond motifs is 1. The topological polar surface area (TPSA) is 63.4 Å². The van der Waals surface area contributed by atoms with Crippen molar-refractivity contribution in [1.82, 2.24) is 4.90 Å². The lowest BCUT2D eigenvalue weighted by molar-refractivity contribution is -0.122. The third-order valence-corrected chi connectivity index (χ3v) is 5.68. The Morgan fingerprint density at radius 3 is 2.56 bits per heavy atom. The van der Waals surface area contributed by atoms with Gasteiger partial charge in [0, 0.05) is 12.1 Å². The molecule has 2 amide bonds. The van der Waals surface area contributed by atoms with Crippen LogP contribution in [-0.2, 0) is 4.79 Å². The minimum atomic E-state index is -0.453. The number of benzene rings is 2. The average Bonchev–Trinajstić information content (AvgIpc) is 3.25. The molecule has 0 spiro atoms. The molecule has 2 aromatic carbocycles. The summed E-state index contributed by atoms with van der Waals surface area (Å²) in [5.41, 5.74) is 10.5. The first-order chi connectivity index (χ1) is 12.0. The Bertz CT molecular complexity index is 874. The predicted octanol–water partition coefficient (Wildman–Crippen LogP) is 2.92. The number of hydrogen-bond donors (Lipinski definition) is 1. The number of nitrogens with zero attached hydrogens (tertiary/aromatic N) is 1. The molecule has 4 nitrogen and oxygen atoms in total. The van der Waals surface area contributed by atoms with E-state index in [1.165, 1.54) is 11.1 Å². The molecule has 4 rings (SSSR count). The van der Waals surface area contributed by atoms with Gasteiger partial charge in [-0.15, -0.1) is 0 Å². The number of amides is 2. The summed E-state index contributed by atoms with van der Waals surface area (Å²) in [5, 5.41) is 0. The van der Waals surface area contributed by atoms with Gasteiger partial charge in [0.15, 0.2) is 0 Å². The highest BCUT2D eigenvalue weighted by molar-refractivity contribution is 6.03. The smallest absolute Gasteiger partial charge is 0.255 e. The van der Waals surface area contributed by atoms with Crippen molar-refractivity contribution in [2.75, 3.05) is 6.54 Å². The maximum atomic E-state index is 13.2. The number of carbonyl (C=O) groups is 2. The highest BCUT2D eigenvalue weighted by atomic mass is 16.2. The summed E-state index contributed by atoms with van der Waals surface area (Å²) in [6.45, 7) is 4.78. The second-order valence-corrected chi connectivity index (χ2v) is 7.31. The van der Waals surface area contributed by atoms with Crippen LogP contribution in [-0.4, -0.2) is 29.3 Å². The van der Waals surface area contributed by atoms with Crippen LogP contribution in [0.3, 0.4) is 0 Å². The fraction of sp³-hybridized carbons (Fsp3) is 0.333. The Morgan fingerprint density at radius 1 is 1.08 bits per heavy atom. The van der Waals surface area contributed by atoms with Crippen molar-refractivity contribution >= 4 is 11.8 Å². The zero-order valence-corrected chi connectivity index (χ0v) is 14.5. The molecule has 1 saturated carbocycles. The van der Waals surface area contributed by atoms with E-state index < -0.39 is 6.04 Å². The molecule has 25 heavy (non-hydrogen) atoms. The van der Waals surface area contributed by atoms with Crippen molar-refractivity contribution in [2.24, 2.45) is 17.6 Å². The second-order valence-electron chi connectivity index (χ2n) is 7.31. The van der Waals surface area contributed by atoms with Crippen LogP contribution in [0.15, 0.2) is 42.5 Å². The third kappa shape index (κ3) is 2.62. The van der Waals surface area contributed by atoms with Crippen LogP contribution in [0.5, 0.6) is 0 Å². The highest BCUT2D eigenvalue weighted by Crippen LogP contribution is 2.50. The molecular formula is C21H22N2O2. The van der Waals surface area contributed by atoms with Crippen molar-refractivity contribution < 1.29 is 9.59 Å². The molecule has 1 saturated heterocycles. The molecular weight excluding hydrogens is 312 g/mol. The van der Waals surface area contributed by atoms with Crippen LogP contribution in [0.2, 0.25) is 0 Å². The van der Waals surface area contributed by atoms with Crippen LogP contribution in [0.1, 0.15) is 27.9 Å². The lowest BCUT2D eigenvalue weighted by Crippen LogP contribution is -2.46. The van der Waals surface area contributed by atoms with Gasteiger partial charge in [0.1, 0.15) is 6.04 Å². The zero-order valence-electron chi connectivity index (χ0n) is 14.5. The summed E-state index contributed by atoms with van der Waals surface area (Å²) in [4.78, 5) is 26.7. The Hall–Kier alpha value is -2.62. The summed E-state index contributed by atoms with van der Waals surface area (Å²) in [7, 11) is 0. The lowest BCUT2D eigenvalue weighted by Gasteiger charge is -2.26. The van der Waals surface area contributed by atoms with Crippen LogP contribution >= 0.6 is 0 Å². The SMILES string of the molecule is Cc1ccc(-c2ccccc2C(=O)N2C[C@@H]3C[C@@H]3[C@H]2C(N)=O)cc1C. The van der Waals surface area contributed by atoms with E-state index in [0.717, 1.165) is 17.5 Å². The maximum absolute atomic E-state index is 13.2. The summed E-state index contributed by atoms with van der Waals surface area (Å²) < 4.78 is 0. The van der Waals surface area contributed by atoms with Crippen molar-refractivity contribution in [3.8, 4) is 11.1 Å². The number of carbonyl (C=O) groups excluding carboxylic acids is 2. The van der Waals surface area contributed by atoms with E-state index in [4.69, 9.17) is 5.73 Å². The molecule has 2 N–H and O–H groups in total. The van der Waals surface area contributed by atoms with Crippen LogP contribution in [0.25, 0.3) is 11.1 Å². The average molecular weight is 334 g/mol. The number of rotatable bonds is 3. The zero-order chi connectivity index (χ0) is 17.7. The molecule has 128 valence electrons. The molecule has 1 heterocycles. The van der Waals surface area contributed by atoms with Crippen LogP contribution < -0.4 is 5.73 Å². The molecule has 3 atom stereocenters. The Morgan fingerprint density at radius 2 is 1.84 bits per heavy atom. The first kappa shape index (κ1) is 15.9. The Kier molecular flexibility index (Phi) is 3.64. The maximum Gasteiger partial charge on any atom is 0.255 e. The summed E-state index contributed by atoms with van der Waals surface area (Å²) in [5.74, 6) is 0.220. The molecule has 0 aromatic heterocycles. The first-order valence-electron chi connectivity index (χ1n) is 8.74. The van der Waals surface area contributed by atoms with E-state index in [0.29, 0.717) is 18.0 Å². The van der Waals surface area contributed by atoms with Gasteiger partial charge in [-0.05, 0) is 60.4 Å².